The van der Waals surface area contributed by atoms with Crippen LogP contribution in [0.2, 0.25) is 0 Å². The zero-order valence-corrected chi connectivity index (χ0v) is 9.62. The van der Waals surface area contributed by atoms with Crippen LogP contribution in [0, 0.1) is 13.8 Å². The zero-order chi connectivity index (χ0) is 12.4. The quantitative estimate of drug-likeness (QED) is 0.349. The van der Waals surface area contributed by atoms with Crippen molar-refractivity contribution in [2.45, 2.75) is 13.8 Å². The van der Waals surface area contributed by atoms with Gasteiger partial charge in [0.2, 0.25) is 0 Å². The summed E-state index contributed by atoms with van der Waals surface area (Å²) in [5.74, 6) is 1.42. The predicted molar refractivity (Wildman–Crippen MR) is 63.3 cm³/mol. The molecule has 6 nitrogen and oxygen atoms in total. The third-order valence-corrected chi connectivity index (χ3v) is 2.32. The van der Waals surface area contributed by atoms with E-state index in [4.69, 9.17) is 10.9 Å². The van der Waals surface area contributed by atoms with E-state index in [9.17, 15) is 0 Å². The van der Waals surface area contributed by atoms with E-state index < -0.39 is 0 Å². The molecule has 0 aliphatic carbocycles. The lowest BCUT2D eigenvalue weighted by Gasteiger charge is -2.08. The molecule has 0 aliphatic heterocycles. The van der Waals surface area contributed by atoms with Gasteiger partial charge in [-0.3, -0.25) is 4.57 Å². The van der Waals surface area contributed by atoms with Gasteiger partial charge in [0.25, 0.3) is 0 Å². The minimum atomic E-state index is 0.0453. The highest BCUT2D eigenvalue weighted by Crippen LogP contribution is 2.11. The van der Waals surface area contributed by atoms with E-state index in [-0.39, 0.29) is 5.84 Å². The first kappa shape index (κ1) is 11.1. The van der Waals surface area contributed by atoms with Gasteiger partial charge in [-0.15, -0.1) is 0 Å². The van der Waals surface area contributed by atoms with Crippen LogP contribution < -0.4 is 5.73 Å². The molecule has 2 heterocycles. The second-order valence-electron chi connectivity index (χ2n) is 3.66. The first-order chi connectivity index (χ1) is 8.11. The van der Waals surface area contributed by atoms with E-state index in [1.807, 2.05) is 19.9 Å². The van der Waals surface area contributed by atoms with Gasteiger partial charge >= 0.3 is 0 Å². The van der Waals surface area contributed by atoms with Gasteiger partial charge in [0.1, 0.15) is 11.6 Å². The summed E-state index contributed by atoms with van der Waals surface area (Å²) in [6.07, 6.45) is 1.80. The number of rotatable bonds is 2. The van der Waals surface area contributed by atoms with Crippen molar-refractivity contribution in [3.63, 3.8) is 0 Å². The third-order valence-electron chi connectivity index (χ3n) is 2.32. The summed E-state index contributed by atoms with van der Waals surface area (Å²) in [7, 11) is 0. The van der Waals surface area contributed by atoms with Gasteiger partial charge in [0.05, 0.1) is 5.69 Å². The van der Waals surface area contributed by atoms with E-state index in [0.29, 0.717) is 17.3 Å². The van der Waals surface area contributed by atoms with Crippen molar-refractivity contribution in [3.05, 3.63) is 41.6 Å². The fourth-order valence-electron chi connectivity index (χ4n) is 1.66. The molecule has 0 unspecified atom stereocenters. The average molecular weight is 231 g/mol. The monoisotopic (exact) mass is 231 g/mol. The van der Waals surface area contributed by atoms with Crippen LogP contribution in [0.1, 0.15) is 17.2 Å². The van der Waals surface area contributed by atoms with Crippen molar-refractivity contribution in [2.24, 2.45) is 10.9 Å². The predicted octanol–water partition coefficient (Wildman–Crippen LogP) is 0.979. The Hall–Kier alpha value is -2.37. The van der Waals surface area contributed by atoms with Crippen molar-refractivity contribution < 1.29 is 5.21 Å². The van der Waals surface area contributed by atoms with Crippen molar-refractivity contribution >= 4 is 5.84 Å². The molecule has 0 saturated carbocycles. The van der Waals surface area contributed by atoms with Crippen LogP contribution in [0.25, 0.3) is 5.82 Å². The van der Waals surface area contributed by atoms with Gasteiger partial charge in [-0.2, -0.15) is 0 Å². The van der Waals surface area contributed by atoms with Crippen LogP contribution in [0.15, 0.2) is 29.6 Å². The highest BCUT2D eigenvalue weighted by atomic mass is 16.4. The molecule has 0 fully saturated rings. The number of hydrogen-bond acceptors (Lipinski definition) is 4. The van der Waals surface area contributed by atoms with E-state index in [2.05, 4.69) is 15.1 Å². The number of hydrogen-bond donors (Lipinski definition) is 2. The van der Waals surface area contributed by atoms with Crippen molar-refractivity contribution in [3.8, 4) is 5.82 Å². The number of amidine groups is 1. The van der Waals surface area contributed by atoms with E-state index in [1.165, 1.54) is 0 Å². The Morgan fingerprint density at radius 3 is 2.82 bits per heavy atom. The molecule has 0 atom stereocenters. The molecule has 2 aromatic rings. The van der Waals surface area contributed by atoms with E-state index in [0.717, 1.165) is 5.69 Å². The molecule has 0 spiro atoms. The third kappa shape index (κ3) is 2.10. The van der Waals surface area contributed by atoms with Crippen LogP contribution in [-0.2, 0) is 0 Å². The molecule has 2 aromatic heterocycles. The Bertz CT molecular complexity index is 553. The van der Waals surface area contributed by atoms with Crippen LogP contribution >= 0.6 is 0 Å². The molecule has 0 aliphatic rings. The molecule has 17 heavy (non-hydrogen) atoms. The van der Waals surface area contributed by atoms with Crippen LogP contribution in [0.4, 0.5) is 0 Å². The minimum absolute atomic E-state index is 0.0453. The maximum Gasteiger partial charge on any atom is 0.187 e. The van der Waals surface area contributed by atoms with Crippen LogP contribution in [0.3, 0.4) is 0 Å². The second kappa shape index (κ2) is 4.25. The summed E-state index contributed by atoms with van der Waals surface area (Å²) in [4.78, 5) is 8.52. The number of aromatic nitrogens is 3. The van der Waals surface area contributed by atoms with Gasteiger partial charge in [-0.1, -0.05) is 5.16 Å². The van der Waals surface area contributed by atoms with Crippen LogP contribution in [0.5, 0.6) is 0 Å². The molecule has 6 heteroatoms. The van der Waals surface area contributed by atoms with Gasteiger partial charge in [0.15, 0.2) is 5.84 Å². The standard InChI is InChI=1S/C11H13N5O/c1-7-6-10(14-8(2)13-7)16-5-3-4-9(16)11(12)15-17/h3-6,17H,1-2H3,(H2,12,15). The Labute approximate surface area is 98.4 Å². The second-order valence-corrected chi connectivity index (χ2v) is 3.66. The Morgan fingerprint density at radius 2 is 2.18 bits per heavy atom. The van der Waals surface area contributed by atoms with E-state index >= 15 is 0 Å². The first-order valence-corrected chi connectivity index (χ1v) is 5.09. The molecule has 0 amide bonds. The van der Waals surface area contributed by atoms with E-state index in [1.54, 1.807) is 22.9 Å². The van der Waals surface area contributed by atoms with Crippen molar-refractivity contribution in [1.82, 2.24) is 14.5 Å². The summed E-state index contributed by atoms with van der Waals surface area (Å²) < 4.78 is 1.75. The highest BCUT2D eigenvalue weighted by Gasteiger charge is 2.09. The summed E-state index contributed by atoms with van der Waals surface area (Å²) in [5, 5.41) is 11.7. The molecular weight excluding hydrogens is 218 g/mol. The lowest BCUT2D eigenvalue weighted by molar-refractivity contribution is 0.318. The maximum atomic E-state index is 8.70. The largest absolute Gasteiger partial charge is 0.409 e. The molecule has 3 N–H and O–H groups in total. The number of aryl methyl sites for hydroxylation is 2. The normalized spacial score (nSPS) is 11.8. The molecular formula is C11H13N5O. The van der Waals surface area contributed by atoms with Gasteiger partial charge in [-0.05, 0) is 26.0 Å². The number of nitrogens with two attached hydrogens (primary N) is 1. The Morgan fingerprint density at radius 1 is 1.41 bits per heavy atom. The summed E-state index contributed by atoms with van der Waals surface area (Å²) >= 11 is 0. The molecule has 88 valence electrons. The molecule has 0 saturated heterocycles. The zero-order valence-electron chi connectivity index (χ0n) is 9.62. The highest BCUT2D eigenvalue weighted by molar-refractivity contribution is 5.96. The van der Waals surface area contributed by atoms with Gasteiger partial charge < -0.3 is 10.9 Å². The summed E-state index contributed by atoms with van der Waals surface area (Å²) in [5.41, 5.74) is 7.04. The lowest BCUT2D eigenvalue weighted by atomic mass is 10.3. The van der Waals surface area contributed by atoms with Crippen LogP contribution in [-0.4, -0.2) is 25.6 Å². The lowest BCUT2D eigenvalue weighted by Crippen LogP contribution is -2.18. The summed E-state index contributed by atoms with van der Waals surface area (Å²) in [6.45, 7) is 3.72. The van der Waals surface area contributed by atoms with Crippen molar-refractivity contribution in [1.29, 1.82) is 0 Å². The SMILES string of the molecule is Cc1cc(-n2cccc2/C(N)=N/O)nc(C)n1. The number of nitrogens with zero attached hydrogens (tertiary/aromatic N) is 4. The molecule has 0 radical (unpaired) electrons. The van der Waals surface area contributed by atoms with Gasteiger partial charge in [-0.25, -0.2) is 9.97 Å². The average Bonchev–Trinajstić information content (AvgIpc) is 2.75. The van der Waals surface area contributed by atoms with Gasteiger partial charge in [0, 0.05) is 18.0 Å². The summed E-state index contributed by atoms with van der Waals surface area (Å²) in [6, 6.07) is 5.39. The molecule has 0 bridgehead atoms. The fourth-order valence-corrected chi connectivity index (χ4v) is 1.66. The topological polar surface area (TPSA) is 89.3 Å². The minimum Gasteiger partial charge on any atom is -0.409 e. The molecule has 0 aromatic carbocycles. The van der Waals surface area contributed by atoms with Crippen molar-refractivity contribution in [2.75, 3.05) is 0 Å². The first-order valence-electron chi connectivity index (χ1n) is 5.09. The Balaban J connectivity index is 2.57. The fraction of sp³-hybridized carbons (Fsp3) is 0.182. The maximum absolute atomic E-state index is 8.70. The molecule has 2 rings (SSSR count). The Kier molecular flexibility index (Phi) is 2.78. The number of oxime groups is 1. The smallest absolute Gasteiger partial charge is 0.187 e.